The van der Waals surface area contributed by atoms with Crippen molar-refractivity contribution in [1.82, 2.24) is 0 Å². The van der Waals surface area contributed by atoms with Crippen molar-refractivity contribution in [1.29, 1.82) is 0 Å². The van der Waals surface area contributed by atoms with E-state index in [1.165, 1.54) is 12.1 Å². The maximum absolute atomic E-state index is 12.7. The summed E-state index contributed by atoms with van der Waals surface area (Å²) in [7, 11) is -3.94. The van der Waals surface area contributed by atoms with Crippen LogP contribution in [0.25, 0.3) is 0 Å². The minimum Gasteiger partial charge on any atom is -0.489 e. The van der Waals surface area contributed by atoms with E-state index in [4.69, 9.17) is 41.6 Å². The second-order valence-electron chi connectivity index (χ2n) is 8.59. The first-order valence-corrected chi connectivity index (χ1v) is 13.9. The van der Waals surface area contributed by atoms with Crippen molar-refractivity contribution < 1.29 is 26.8 Å². The number of aryl methyl sites for hydroxylation is 1. The highest BCUT2D eigenvalue weighted by atomic mass is 35.5. The van der Waals surface area contributed by atoms with Crippen LogP contribution in [0.2, 0.25) is 10.0 Å². The molecule has 192 valence electrons. The van der Waals surface area contributed by atoms with Crippen molar-refractivity contribution in [3.63, 3.8) is 0 Å². The van der Waals surface area contributed by atoms with Crippen molar-refractivity contribution in [2.75, 3.05) is 13.2 Å². The van der Waals surface area contributed by atoms with Gasteiger partial charge in [0.2, 0.25) is 0 Å². The van der Waals surface area contributed by atoms with Crippen LogP contribution < -0.4 is 4.74 Å². The maximum atomic E-state index is 12.7. The molecule has 3 atom stereocenters. The van der Waals surface area contributed by atoms with Crippen LogP contribution in [0.3, 0.4) is 0 Å². The molecule has 1 saturated heterocycles. The lowest BCUT2D eigenvalue weighted by atomic mass is 10.1. The molecule has 0 spiro atoms. The van der Waals surface area contributed by atoms with Gasteiger partial charge in [0.05, 0.1) is 22.6 Å². The van der Waals surface area contributed by atoms with Crippen molar-refractivity contribution in [2.24, 2.45) is 0 Å². The minimum atomic E-state index is -3.94. The Hall–Kier alpha value is -2.13. The van der Waals surface area contributed by atoms with Gasteiger partial charge in [-0.3, -0.25) is 4.18 Å². The van der Waals surface area contributed by atoms with Gasteiger partial charge in [-0.05, 0) is 62.1 Å². The fourth-order valence-corrected chi connectivity index (χ4v) is 5.22. The van der Waals surface area contributed by atoms with Crippen LogP contribution in [0.5, 0.6) is 5.75 Å². The normalized spacial score (nSPS) is 19.1. The largest absolute Gasteiger partial charge is 0.489 e. The first kappa shape index (κ1) is 26.9. The van der Waals surface area contributed by atoms with E-state index in [0.29, 0.717) is 28.8 Å². The molecule has 1 aliphatic rings. The highest BCUT2D eigenvalue weighted by Gasteiger charge is 2.28. The first-order valence-electron chi connectivity index (χ1n) is 11.7. The third-order valence-corrected chi connectivity index (χ3v) is 7.63. The zero-order chi connectivity index (χ0) is 25.5. The number of hydrogen-bond donors (Lipinski definition) is 0. The predicted octanol–water partition coefficient (Wildman–Crippen LogP) is 6.74. The number of ether oxygens (including phenoxy) is 3. The molecular formula is C27H28Cl2O6S. The Balaban J connectivity index is 1.39. The Bertz CT molecular complexity index is 1230. The summed E-state index contributed by atoms with van der Waals surface area (Å²) in [6, 6.07) is 21.0. The van der Waals surface area contributed by atoms with Gasteiger partial charge in [0.15, 0.2) is 6.29 Å². The molecular weight excluding hydrogens is 523 g/mol. The van der Waals surface area contributed by atoms with Gasteiger partial charge in [-0.15, -0.1) is 0 Å². The molecule has 1 aliphatic heterocycles. The summed E-state index contributed by atoms with van der Waals surface area (Å²) < 4.78 is 49.1. The van der Waals surface area contributed by atoms with Crippen LogP contribution in [-0.4, -0.2) is 34.0 Å². The second kappa shape index (κ2) is 12.4. The third kappa shape index (κ3) is 7.44. The SMILES string of the molecule is Cc1ccc(S(=O)(=O)OCC(OC2CCCC(COc3ccc(Cl)cc3Cl)O2)c2ccccc2)cc1. The van der Waals surface area contributed by atoms with E-state index in [2.05, 4.69) is 0 Å². The van der Waals surface area contributed by atoms with Gasteiger partial charge >= 0.3 is 0 Å². The van der Waals surface area contributed by atoms with Gasteiger partial charge < -0.3 is 14.2 Å². The Morgan fingerprint density at radius 1 is 1.00 bits per heavy atom. The summed E-state index contributed by atoms with van der Waals surface area (Å²) in [5.41, 5.74) is 1.76. The van der Waals surface area contributed by atoms with E-state index >= 15 is 0 Å². The Morgan fingerprint density at radius 2 is 1.75 bits per heavy atom. The molecule has 0 radical (unpaired) electrons. The molecule has 0 aromatic heterocycles. The average Bonchev–Trinajstić information content (AvgIpc) is 2.87. The summed E-state index contributed by atoms with van der Waals surface area (Å²) in [6.07, 6.45) is 0.970. The predicted molar refractivity (Wildman–Crippen MR) is 139 cm³/mol. The maximum Gasteiger partial charge on any atom is 0.297 e. The van der Waals surface area contributed by atoms with Crippen LogP contribution in [0.15, 0.2) is 77.7 Å². The number of rotatable bonds is 10. The number of benzene rings is 3. The van der Waals surface area contributed by atoms with E-state index in [1.807, 2.05) is 37.3 Å². The van der Waals surface area contributed by atoms with Crippen molar-refractivity contribution in [3.8, 4) is 5.75 Å². The highest BCUT2D eigenvalue weighted by molar-refractivity contribution is 7.86. The lowest BCUT2D eigenvalue weighted by Gasteiger charge is -2.32. The molecule has 1 heterocycles. The Labute approximate surface area is 222 Å². The quantitative estimate of drug-likeness (QED) is 0.260. The first-order chi connectivity index (χ1) is 17.3. The molecule has 3 aromatic carbocycles. The monoisotopic (exact) mass is 550 g/mol. The molecule has 3 aromatic rings. The van der Waals surface area contributed by atoms with E-state index in [-0.39, 0.29) is 17.6 Å². The van der Waals surface area contributed by atoms with E-state index in [9.17, 15) is 8.42 Å². The van der Waals surface area contributed by atoms with Gasteiger partial charge in [0.1, 0.15) is 18.5 Å². The molecule has 0 saturated carbocycles. The lowest BCUT2D eigenvalue weighted by Crippen LogP contribution is -2.35. The standard InChI is InChI=1S/C27H28Cl2O6S/c1-19-10-13-23(14-11-19)36(30,31)33-18-26(20-6-3-2-4-7-20)35-27-9-5-8-22(34-27)17-32-25-15-12-21(28)16-24(25)29/h2-4,6-7,10-16,22,26-27H,5,8-9,17-18H2,1H3. The van der Waals surface area contributed by atoms with Gasteiger partial charge in [0.25, 0.3) is 10.1 Å². The highest BCUT2D eigenvalue weighted by Crippen LogP contribution is 2.30. The molecule has 36 heavy (non-hydrogen) atoms. The number of hydrogen-bond acceptors (Lipinski definition) is 6. The molecule has 0 aliphatic carbocycles. The molecule has 1 fully saturated rings. The molecule has 4 rings (SSSR count). The summed E-state index contributed by atoms with van der Waals surface area (Å²) in [6.45, 7) is 2.01. The molecule has 6 nitrogen and oxygen atoms in total. The summed E-state index contributed by atoms with van der Waals surface area (Å²) in [5.74, 6) is 0.532. The number of halogens is 2. The van der Waals surface area contributed by atoms with Gasteiger partial charge in [-0.25, -0.2) is 0 Å². The van der Waals surface area contributed by atoms with Crippen molar-refractivity contribution in [2.45, 2.75) is 49.6 Å². The zero-order valence-corrected chi connectivity index (χ0v) is 22.1. The van der Waals surface area contributed by atoms with Gasteiger partial charge in [-0.2, -0.15) is 8.42 Å². The molecule has 9 heteroatoms. The van der Waals surface area contributed by atoms with E-state index < -0.39 is 22.5 Å². The molecule has 0 bridgehead atoms. The van der Waals surface area contributed by atoms with Crippen LogP contribution in [0.1, 0.15) is 36.5 Å². The van der Waals surface area contributed by atoms with E-state index in [0.717, 1.165) is 24.0 Å². The zero-order valence-electron chi connectivity index (χ0n) is 19.8. The molecule has 0 N–H and O–H groups in total. The lowest BCUT2D eigenvalue weighted by molar-refractivity contribution is -0.224. The fraction of sp³-hybridized carbons (Fsp3) is 0.333. The topological polar surface area (TPSA) is 71.1 Å². The van der Waals surface area contributed by atoms with Crippen LogP contribution in [-0.2, 0) is 23.8 Å². The Morgan fingerprint density at radius 3 is 2.47 bits per heavy atom. The molecule has 3 unspecified atom stereocenters. The minimum absolute atomic E-state index is 0.104. The summed E-state index contributed by atoms with van der Waals surface area (Å²) in [5, 5.41) is 0.968. The second-order valence-corrected chi connectivity index (χ2v) is 11.1. The van der Waals surface area contributed by atoms with Gasteiger partial charge in [0, 0.05) is 5.02 Å². The van der Waals surface area contributed by atoms with Crippen LogP contribution in [0, 0.1) is 6.92 Å². The molecule has 0 amide bonds. The smallest absolute Gasteiger partial charge is 0.297 e. The Kier molecular flexibility index (Phi) is 9.28. The van der Waals surface area contributed by atoms with Crippen molar-refractivity contribution >= 4 is 33.3 Å². The fourth-order valence-electron chi connectivity index (χ4n) is 3.85. The van der Waals surface area contributed by atoms with Crippen LogP contribution in [0.4, 0.5) is 0 Å². The summed E-state index contributed by atoms with van der Waals surface area (Å²) in [4.78, 5) is 0.104. The van der Waals surface area contributed by atoms with Gasteiger partial charge in [-0.1, -0.05) is 71.2 Å². The van der Waals surface area contributed by atoms with Crippen LogP contribution >= 0.6 is 23.2 Å². The van der Waals surface area contributed by atoms with E-state index in [1.54, 1.807) is 30.3 Å². The third-order valence-electron chi connectivity index (χ3n) is 5.80. The van der Waals surface area contributed by atoms with Crippen molar-refractivity contribution in [3.05, 3.63) is 94.0 Å². The summed E-state index contributed by atoms with van der Waals surface area (Å²) >= 11 is 12.1. The average molecular weight is 551 g/mol.